The number of benzene rings is 3. The van der Waals surface area contributed by atoms with Crippen LogP contribution in [0.5, 0.6) is 11.5 Å². The fourth-order valence-corrected chi connectivity index (χ4v) is 4.68. The third-order valence-electron chi connectivity index (χ3n) is 5.12. The minimum absolute atomic E-state index is 0.00465. The third kappa shape index (κ3) is 4.85. The van der Waals surface area contributed by atoms with E-state index in [0.717, 1.165) is 11.1 Å². The van der Waals surface area contributed by atoms with Gasteiger partial charge in [-0.25, -0.2) is 5.01 Å². The summed E-state index contributed by atoms with van der Waals surface area (Å²) in [5.74, 6) is 0.248. The van der Waals surface area contributed by atoms with Crippen molar-refractivity contribution in [3.63, 3.8) is 0 Å². The lowest BCUT2D eigenvalue weighted by atomic mass is 10.1. The number of methoxy groups -OCH3 is 1. The molecule has 3 aromatic rings. The summed E-state index contributed by atoms with van der Waals surface area (Å²) in [5, 5.41) is 25.8. The van der Waals surface area contributed by atoms with E-state index in [1.54, 1.807) is 30.3 Å². The smallest absolute Gasteiger partial charge is 0.285 e. The van der Waals surface area contributed by atoms with Gasteiger partial charge in [-0.2, -0.15) is 13.5 Å². The van der Waals surface area contributed by atoms with E-state index >= 15 is 0 Å². The lowest BCUT2D eigenvalue weighted by molar-refractivity contribution is 0.254. The maximum Gasteiger partial charge on any atom is 0.285 e. The number of phenolic OH excluding ortho intramolecular Hbond substituents is 1. The first-order chi connectivity index (χ1) is 16.4. The third-order valence-corrected chi connectivity index (χ3v) is 6.44. The van der Waals surface area contributed by atoms with Gasteiger partial charge in [-0.05, 0) is 35.4 Å². The van der Waals surface area contributed by atoms with Gasteiger partial charge >= 0.3 is 0 Å². The molecule has 0 saturated heterocycles. The second-order valence-electron chi connectivity index (χ2n) is 7.38. The normalized spacial score (nSPS) is 14.4. The van der Waals surface area contributed by atoms with Crippen LogP contribution in [-0.4, -0.2) is 56.0 Å². The summed E-state index contributed by atoms with van der Waals surface area (Å²) in [6.45, 7) is -0.279. The van der Waals surface area contributed by atoms with Crippen LogP contribution < -0.4 is 4.74 Å². The molecular formula is C25H23N3O5S. The van der Waals surface area contributed by atoms with Crippen molar-refractivity contribution >= 4 is 34.2 Å². The first kappa shape index (κ1) is 23.2. The second-order valence-corrected chi connectivity index (χ2v) is 8.95. The van der Waals surface area contributed by atoms with Gasteiger partial charge in [-0.1, -0.05) is 54.6 Å². The number of ether oxygens (including phenoxy) is 1. The summed E-state index contributed by atoms with van der Waals surface area (Å²) in [5.41, 5.74) is 2.52. The van der Waals surface area contributed by atoms with Gasteiger partial charge in [0.1, 0.15) is 4.90 Å². The number of hydrogen-bond acceptors (Lipinski definition) is 7. The molecule has 0 aliphatic carbocycles. The molecule has 0 spiro atoms. The highest BCUT2D eigenvalue weighted by Gasteiger charge is 2.31. The minimum Gasteiger partial charge on any atom is -0.504 e. The Balaban J connectivity index is 1.69. The average molecular weight is 478 g/mol. The van der Waals surface area contributed by atoms with Crippen LogP contribution in [-0.2, 0) is 10.0 Å². The minimum atomic E-state index is -3.85. The number of sulfonamides is 1. The first-order valence-electron chi connectivity index (χ1n) is 10.4. The van der Waals surface area contributed by atoms with E-state index in [-0.39, 0.29) is 35.4 Å². The van der Waals surface area contributed by atoms with Crippen molar-refractivity contribution < 1.29 is 23.4 Å². The average Bonchev–Trinajstić information content (AvgIpc) is 3.13. The van der Waals surface area contributed by atoms with E-state index in [4.69, 9.17) is 4.74 Å². The topological polar surface area (TPSA) is 112 Å². The SMILES string of the molecule is COc1cc(/C=C/c2ccccc2)cc(/C=N/N(CCO)C2=NS(=O)(=O)c3ccccc32)c1O. The summed E-state index contributed by atoms with van der Waals surface area (Å²) in [7, 11) is -2.40. The van der Waals surface area contributed by atoms with Crippen molar-refractivity contribution in [2.75, 3.05) is 20.3 Å². The Hall–Kier alpha value is -3.95. The molecule has 2 N–H and O–H groups in total. The Kier molecular flexibility index (Phi) is 6.76. The lowest BCUT2D eigenvalue weighted by Gasteiger charge is -2.17. The number of fused-ring (bicyclic) bond motifs is 1. The Morgan fingerprint density at radius 2 is 1.74 bits per heavy atom. The number of aromatic hydroxyl groups is 1. The number of hydrogen-bond donors (Lipinski definition) is 2. The number of aliphatic hydroxyl groups is 1. The van der Waals surface area contributed by atoms with Gasteiger partial charge in [0.15, 0.2) is 17.3 Å². The van der Waals surface area contributed by atoms with E-state index in [1.807, 2.05) is 42.5 Å². The monoisotopic (exact) mass is 477 g/mol. The predicted molar refractivity (Wildman–Crippen MR) is 132 cm³/mol. The van der Waals surface area contributed by atoms with E-state index in [2.05, 4.69) is 9.50 Å². The van der Waals surface area contributed by atoms with Gasteiger partial charge in [0.05, 0.1) is 26.5 Å². The summed E-state index contributed by atoms with van der Waals surface area (Å²) in [6, 6.07) is 19.6. The molecule has 174 valence electrons. The molecule has 0 bridgehead atoms. The molecule has 0 fully saturated rings. The maximum atomic E-state index is 12.4. The molecule has 0 aromatic heterocycles. The van der Waals surface area contributed by atoms with E-state index in [1.165, 1.54) is 24.4 Å². The molecule has 0 saturated carbocycles. The van der Waals surface area contributed by atoms with E-state index in [9.17, 15) is 18.6 Å². The zero-order valence-corrected chi connectivity index (χ0v) is 19.2. The molecule has 3 aromatic carbocycles. The maximum absolute atomic E-state index is 12.4. The highest BCUT2D eigenvalue weighted by atomic mass is 32.2. The molecule has 9 heteroatoms. The van der Waals surface area contributed by atoms with Crippen LogP contribution in [0.4, 0.5) is 0 Å². The number of hydrazone groups is 1. The second kappa shape index (κ2) is 9.90. The van der Waals surface area contributed by atoms with Gasteiger partial charge in [-0.3, -0.25) is 0 Å². The number of rotatable bonds is 7. The predicted octanol–water partition coefficient (Wildman–Crippen LogP) is 3.35. The van der Waals surface area contributed by atoms with E-state index in [0.29, 0.717) is 11.1 Å². The van der Waals surface area contributed by atoms with E-state index < -0.39 is 10.0 Å². The van der Waals surface area contributed by atoms with Crippen molar-refractivity contribution in [3.05, 3.63) is 89.0 Å². The quantitative estimate of drug-likeness (QED) is 0.307. The van der Waals surface area contributed by atoms with Crippen molar-refractivity contribution in [1.29, 1.82) is 0 Å². The number of phenols is 1. The Labute approximate surface area is 197 Å². The van der Waals surface area contributed by atoms with Crippen molar-refractivity contribution in [2.24, 2.45) is 9.50 Å². The molecule has 1 heterocycles. The highest BCUT2D eigenvalue weighted by Crippen LogP contribution is 2.32. The molecule has 0 radical (unpaired) electrons. The van der Waals surface area contributed by atoms with Gasteiger partial charge in [0.25, 0.3) is 10.0 Å². The molecular weight excluding hydrogens is 454 g/mol. The largest absolute Gasteiger partial charge is 0.504 e. The summed E-state index contributed by atoms with van der Waals surface area (Å²) < 4.78 is 34.0. The summed E-state index contributed by atoms with van der Waals surface area (Å²) in [4.78, 5) is 0.0840. The van der Waals surface area contributed by atoms with Crippen molar-refractivity contribution in [3.8, 4) is 11.5 Å². The van der Waals surface area contributed by atoms with Crippen LogP contribution >= 0.6 is 0 Å². The van der Waals surface area contributed by atoms with Gasteiger partial charge in [0, 0.05) is 11.1 Å². The molecule has 8 nitrogen and oxygen atoms in total. The van der Waals surface area contributed by atoms with Crippen LogP contribution in [0, 0.1) is 0 Å². The first-order valence-corrected chi connectivity index (χ1v) is 11.9. The number of aliphatic hydroxyl groups excluding tert-OH is 1. The number of nitrogens with zero attached hydrogens (tertiary/aromatic N) is 3. The van der Waals surface area contributed by atoms with Crippen LogP contribution in [0.1, 0.15) is 22.3 Å². The highest BCUT2D eigenvalue weighted by molar-refractivity contribution is 7.90. The fourth-order valence-electron chi connectivity index (χ4n) is 3.48. The zero-order valence-electron chi connectivity index (χ0n) is 18.4. The van der Waals surface area contributed by atoms with Crippen molar-refractivity contribution in [1.82, 2.24) is 5.01 Å². The molecule has 0 amide bonds. The molecule has 1 aliphatic rings. The Morgan fingerprint density at radius 1 is 1.03 bits per heavy atom. The molecule has 34 heavy (non-hydrogen) atoms. The van der Waals surface area contributed by atoms with Crippen LogP contribution in [0.2, 0.25) is 0 Å². The van der Waals surface area contributed by atoms with Gasteiger partial charge in [0.2, 0.25) is 0 Å². The van der Waals surface area contributed by atoms with Crippen LogP contribution in [0.25, 0.3) is 12.2 Å². The molecule has 0 atom stereocenters. The standard InChI is InChI=1S/C25H23N3O5S/c1-33-22-16-19(12-11-18-7-3-2-4-8-18)15-20(24(22)30)17-26-28(13-14-29)25-21-9-5-6-10-23(21)34(31,32)27-25/h2-12,15-17,29-30H,13-14H2,1H3/b12-11+,26-17+. The molecule has 0 unspecified atom stereocenters. The zero-order chi connectivity index (χ0) is 24.1. The molecule has 1 aliphatic heterocycles. The Bertz CT molecular complexity index is 1380. The van der Waals surface area contributed by atoms with Crippen LogP contribution in [0.15, 0.2) is 81.1 Å². The summed E-state index contributed by atoms with van der Waals surface area (Å²) >= 11 is 0. The molecule has 4 rings (SSSR count). The van der Waals surface area contributed by atoms with Crippen molar-refractivity contribution in [2.45, 2.75) is 4.90 Å². The number of amidine groups is 1. The lowest BCUT2D eigenvalue weighted by Crippen LogP contribution is -2.28. The Morgan fingerprint density at radius 3 is 2.47 bits per heavy atom. The van der Waals surface area contributed by atoms with Crippen LogP contribution in [0.3, 0.4) is 0 Å². The van der Waals surface area contributed by atoms with Gasteiger partial charge in [-0.15, -0.1) is 4.40 Å². The fraction of sp³-hybridized carbons (Fsp3) is 0.120. The van der Waals surface area contributed by atoms with Gasteiger partial charge < -0.3 is 14.9 Å². The summed E-state index contributed by atoms with van der Waals surface area (Å²) in [6.07, 6.45) is 5.19.